The van der Waals surface area contributed by atoms with Gasteiger partial charge in [-0.15, -0.1) is 0 Å². The molecule has 0 radical (unpaired) electrons. The summed E-state index contributed by atoms with van der Waals surface area (Å²) in [6.45, 7) is 0.906. The fourth-order valence-electron chi connectivity index (χ4n) is 0.940. The van der Waals surface area contributed by atoms with E-state index in [0.29, 0.717) is 0 Å². The minimum absolute atomic E-state index is 0.00361. The van der Waals surface area contributed by atoms with Crippen LogP contribution >= 0.6 is 0 Å². The van der Waals surface area contributed by atoms with Gasteiger partial charge in [0.1, 0.15) is 6.61 Å². The predicted molar refractivity (Wildman–Crippen MR) is 33.0 cm³/mol. The topological polar surface area (TPSA) is 55.8 Å². The molecule has 1 heterocycles. The molecule has 1 aliphatic rings. The van der Waals surface area contributed by atoms with E-state index in [0.717, 1.165) is 19.4 Å². The van der Waals surface area contributed by atoms with Crippen molar-refractivity contribution < 1.29 is 19.4 Å². The predicted octanol–water partition coefficient (Wildman–Crippen LogP) is 0.860. The largest absolute Gasteiger partial charge is 0.505 e. The highest BCUT2D eigenvalue weighted by molar-refractivity contribution is 5.56. The van der Waals surface area contributed by atoms with Crippen molar-refractivity contribution in [3.05, 3.63) is 0 Å². The van der Waals surface area contributed by atoms with Crippen molar-refractivity contribution in [1.29, 1.82) is 0 Å². The monoisotopic (exact) mass is 146 g/mol. The third-order valence-corrected chi connectivity index (χ3v) is 1.42. The summed E-state index contributed by atoms with van der Waals surface area (Å²) in [5.41, 5.74) is 0. The zero-order valence-corrected chi connectivity index (χ0v) is 5.58. The van der Waals surface area contributed by atoms with Crippen LogP contribution in [0.3, 0.4) is 0 Å². The van der Waals surface area contributed by atoms with E-state index in [-0.39, 0.29) is 12.7 Å². The molecule has 0 spiro atoms. The first kappa shape index (κ1) is 7.34. The van der Waals surface area contributed by atoms with Gasteiger partial charge in [-0.05, 0) is 12.8 Å². The van der Waals surface area contributed by atoms with Gasteiger partial charge in [0.25, 0.3) is 0 Å². The first-order valence-corrected chi connectivity index (χ1v) is 3.26. The number of ether oxygens (including phenoxy) is 2. The molecule has 58 valence electrons. The summed E-state index contributed by atoms with van der Waals surface area (Å²) in [4.78, 5) is 9.88. The fraction of sp³-hybridized carbons (Fsp3) is 0.833. The molecule has 1 atom stereocenters. The summed E-state index contributed by atoms with van der Waals surface area (Å²) < 4.78 is 9.43. The Morgan fingerprint density at radius 3 is 3.10 bits per heavy atom. The Morgan fingerprint density at radius 2 is 2.60 bits per heavy atom. The Bertz CT molecular complexity index is 117. The molecule has 0 aliphatic carbocycles. The molecule has 1 N–H and O–H groups in total. The van der Waals surface area contributed by atoms with Gasteiger partial charge in [0.15, 0.2) is 0 Å². The van der Waals surface area contributed by atoms with E-state index in [1.54, 1.807) is 0 Å². The summed E-state index contributed by atoms with van der Waals surface area (Å²) in [6, 6.07) is 0. The Balaban J connectivity index is 2.07. The van der Waals surface area contributed by atoms with Gasteiger partial charge in [0.2, 0.25) is 0 Å². The fourth-order valence-corrected chi connectivity index (χ4v) is 0.940. The Hall–Kier alpha value is -0.770. The summed E-state index contributed by atoms with van der Waals surface area (Å²) in [5, 5.41) is 8.10. The van der Waals surface area contributed by atoms with Crippen molar-refractivity contribution in [3.8, 4) is 0 Å². The SMILES string of the molecule is O=C(O)OCC1CCCO1. The molecule has 1 fully saturated rings. The Labute approximate surface area is 58.7 Å². The molecule has 0 saturated carbocycles. The normalized spacial score (nSPS) is 24.6. The molecule has 4 heteroatoms. The van der Waals surface area contributed by atoms with E-state index < -0.39 is 6.16 Å². The Morgan fingerprint density at radius 1 is 1.80 bits per heavy atom. The number of hydrogen-bond donors (Lipinski definition) is 1. The van der Waals surface area contributed by atoms with Gasteiger partial charge in [-0.25, -0.2) is 4.79 Å². The molecule has 1 unspecified atom stereocenters. The lowest BCUT2D eigenvalue weighted by molar-refractivity contribution is 0.0239. The van der Waals surface area contributed by atoms with Crippen LogP contribution in [0.5, 0.6) is 0 Å². The minimum atomic E-state index is -1.23. The van der Waals surface area contributed by atoms with Crippen molar-refractivity contribution in [2.45, 2.75) is 18.9 Å². The first-order valence-electron chi connectivity index (χ1n) is 3.26. The molecule has 1 rings (SSSR count). The second-order valence-electron chi connectivity index (χ2n) is 2.21. The second kappa shape index (κ2) is 3.41. The number of hydrogen-bond acceptors (Lipinski definition) is 3. The van der Waals surface area contributed by atoms with Crippen LogP contribution in [0.15, 0.2) is 0 Å². The van der Waals surface area contributed by atoms with E-state index in [2.05, 4.69) is 4.74 Å². The van der Waals surface area contributed by atoms with E-state index >= 15 is 0 Å². The molecular formula is C6H10O4. The molecule has 1 saturated heterocycles. The van der Waals surface area contributed by atoms with Gasteiger partial charge in [-0.2, -0.15) is 0 Å². The smallest absolute Gasteiger partial charge is 0.450 e. The van der Waals surface area contributed by atoms with Crippen molar-refractivity contribution in [2.75, 3.05) is 13.2 Å². The van der Waals surface area contributed by atoms with Crippen LogP contribution in [0.1, 0.15) is 12.8 Å². The molecule has 4 nitrogen and oxygen atoms in total. The van der Waals surface area contributed by atoms with Gasteiger partial charge in [-0.1, -0.05) is 0 Å². The quantitative estimate of drug-likeness (QED) is 0.587. The van der Waals surface area contributed by atoms with Crippen LogP contribution in [-0.2, 0) is 9.47 Å². The molecule has 1 aliphatic heterocycles. The van der Waals surface area contributed by atoms with Gasteiger partial charge < -0.3 is 14.6 Å². The van der Waals surface area contributed by atoms with Crippen LogP contribution in [0, 0.1) is 0 Å². The van der Waals surface area contributed by atoms with Crippen LogP contribution in [0.25, 0.3) is 0 Å². The van der Waals surface area contributed by atoms with E-state index in [4.69, 9.17) is 9.84 Å². The van der Waals surface area contributed by atoms with Crippen LogP contribution in [-0.4, -0.2) is 30.6 Å². The number of carboxylic acid groups (broad SMARTS) is 1. The van der Waals surface area contributed by atoms with Crippen molar-refractivity contribution in [3.63, 3.8) is 0 Å². The van der Waals surface area contributed by atoms with Crippen molar-refractivity contribution in [2.24, 2.45) is 0 Å². The molecule has 0 aromatic carbocycles. The highest BCUT2D eigenvalue weighted by Gasteiger charge is 2.16. The van der Waals surface area contributed by atoms with E-state index in [9.17, 15) is 4.79 Å². The van der Waals surface area contributed by atoms with Crippen molar-refractivity contribution >= 4 is 6.16 Å². The van der Waals surface area contributed by atoms with Crippen LogP contribution < -0.4 is 0 Å². The van der Waals surface area contributed by atoms with E-state index in [1.807, 2.05) is 0 Å². The minimum Gasteiger partial charge on any atom is -0.450 e. The second-order valence-corrected chi connectivity index (χ2v) is 2.21. The molecule has 0 aromatic rings. The van der Waals surface area contributed by atoms with Gasteiger partial charge in [0, 0.05) is 6.61 Å². The van der Waals surface area contributed by atoms with Gasteiger partial charge >= 0.3 is 6.16 Å². The summed E-state index contributed by atoms with van der Waals surface area (Å²) in [5.74, 6) is 0. The number of carbonyl (C=O) groups is 1. The van der Waals surface area contributed by atoms with Gasteiger partial charge in [0.05, 0.1) is 6.10 Å². The third-order valence-electron chi connectivity index (χ3n) is 1.42. The first-order chi connectivity index (χ1) is 4.79. The maximum atomic E-state index is 9.88. The standard InChI is InChI=1S/C6H10O4/c7-6(8)10-4-5-2-1-3-9-5/h5H,1-4H2,(H,7,8). The molecule has 10 heavy (non-hydrogen) atoms. The highest BCUT2D eigenvalue weighted by atomic mass is 16.7. The zero-order chi connectivity index (χ0) is 7.40. The van der Waals surface area contributed by atoms with Crippen molar-refractivity contribution in [1.82, 2.24) is 0 Å². The highest BCUT2D eigenvalue weighted by Crippen LogP contribution is 2.11. The molecule has 0 bridgehead atoms. The zero-order valence-electron chi connectivity index (χ0n) is 5.58. The van der Waals surface area contributed by atoms with Crippen LogP contribution in [0.4, 0.5) is 4.79 Å². The lowest BCUT2D eigenvalue weighted by atomic mass is 10.2. The van der Waals surface area contributed by atoms with E-state index in [1.165, 1.54) is 0 Å². The van der Waals surface area contributed by atoms with Crippen LogP contribution in [0.2, 0.25) is 0 Å². The average Bonchev–Trinajstić information content (AvgIpc) is 2.34. The lowest BCUT2D eigenvalue weighted by Gasteiger charge is -2.06. The number of rotatable bonds is 2. The summed E-state index contributed by atoms with van der Waals surface area (Å²) in [6.07, 6.45) is 0.688. The third kappa shape index (κ3) is 2.23. The average molecular weight is 146 g/mol. The summed E-state index contributed by atoms with van der Waals surface area (Å²) >= 11 is 0. The maximum Gasteiger partial charge on any atom is 0.505 e. The summed E-state index contributed by atoms with van der Waals surface area (Å²) in [7, 11) is 0. The maximum absolute atomic E-state index is 9.88. The molecule has 0 aromatic heterocycles. The molecule has 0 amide bonds. The Kier molecular flexibility index (Phi) is 2.50. The molecular weight excluding hydrogens is 136 g/mol. The lowest BCUT2D eigenvalue weighted by Crippen LogP contribution is -2.16. The van der Waals surface area contributed by atoms with Gasteiger partial charge in [-0.3, -0.25) is 0 Å².